The highest BCUT2D eigenvalue weighted by Gasteiger charge is 2.41. The Morgan fingerprint density at radius 3 is 1.15 bits per heavy atom. The second kappa shape index (κ2) is 40.4. The van der Waals surface area contributed by atoms with Crippen LogP contribution in [0.4, 0.5) is 0 Å². The highest BCUT2D eigenvalue weighted by atomic mass is 35.5. The molecule has 6 heterocycles. The quantitative estimate of drug-likeness (QED) is 0.101. The molecule has 0 spiro atoms. The number of benzene rings is 21. The lowest BCUT2D eigenvalue weighted by molar-refractivity contribution is 0.669. The van der Waals surface area contributed by atoms with E-state index < -0.39 is 0 Å². The van der Waals surface area contributed by atoms with Crippen molar-refractivity contribution in [2.45, 2.75) is 12.3 Å². The molecule has 0 aliphatic heterocycles. The van der Waals surface area contributed by atoms with Crippen molar-refractivity contribution in [3.8, 4) is 158 Å². The lowest BCUT2D eigenvalue weighted by Crippen LogP contribution is -2.22. The summed E-state index contributed by atoms with van der Waals surface area (Å²) in [5.41, 5.74) is 26.3. The molecule has 0 unspecified atom stereocenters. The van der Waals surface area contributed by atoms with Gasteiger partial charge in [0.15, 0.2) is 46.6 Å². The van der Waals surface area contributed by atoms with E-state index in [2.05, 4.69) is 393 Å². The van der Waals surface area contributed by atoms with Gasteiger partial charge in [0.05, 0.1) is 0 Å². The number of thiophene rings is 1. The molecular weight excluding hydrogens is 1940 g/mol. The zero-order valence-electron chi connectivity index (χ0n) is 80.3. The molecule has 0 N–H and O–H groups in total. The predicted octanol–water partition coefficient (Wildman–Crippen LogP) is 36.0. The number of fused-ring (bicyclic) bond motifs is 13. The molecule has 0 amide bonds. The SMILES string of the molecule is CC1(c2cccc(-c3nc(Cl)nc(-c4ccc5ccccc5c4)n3)c2)c2ccccc2-c2ccccc21.Clc1nc(-c2cc(-c3ccccc3)cc(-c3cccc4ccccc34)c2)nc(-c2ccc3oc4ccccc4c3c2)n1.Clc1nc(-c2ccc(-c3cccc(-c4ccccc4)c3)cc2)nc(-c2cccc3ccccc23)n1.Clc1nc(-c2ccc3c(c2)sc2ccccc23)nc(-c2cccc3c(-c4ccccc4)cccc23)n1. The Balaban J connectivity index is 0.000000104. The molecule has 0 saturated carbocycles. The van der Waals surface area contributed by atoms with Gasteiger partial charge in [0.1, 0.15) is 11.2 Å². The number of nitrogens with zero attached hydrogens (tertiary/aromatic N) is 12. The molecule has 150 heavy (non-hydrogen) atoms. The van der Waals surface area contributed by atoms with Gasteiger partial charge in [-0.3, -0.25) is 0 Å². The maximum absolute atomic E-state index is 6.55. The number of rotatable bonds is 14. The Kier molecular flexibility index (Phi) is 25.0. The zero-order chi connectivity index (χ0) is 101. The first-order chi connectivity index (χ1) is 73.8. The predicted molar refractivity (Wildman–Crippen MR) is 618 cm³/mol. The number of para-hydroxylation sites is 1. The van der Waals surface area contributed by atoms with Crippen LogP contribution < -0.4 is 0 Å². The Morgan fingerprint density at radius 1 is 0.180 bits per heavy atom. The van der Waals surface area contributed by atoms with E-state index >= 15 is 0 Å². The van der Waals surface area contributed by atoms with Gasteiger partial charge in [-0.25, -0.2) is 19.9 Å². The van der Waals surface area contributed by atoms with Crippen molar-refractivity contribution in [2.24, 2.45) is 0 Å². The average Bonchev–Trinajstić information content (AvgIpc) is 1.56. The summed E-state index contributed by atoms with van der Waals surface area (Å²) in [4.78, 5) is 55.4. The lowest BCUT2D eigenvalue weighted by atomic mass is 9.74. The van der Waals surface area contributed by atoms with Gasteiger partial charge in [0.25, 0.3) is 0 Å². The van der Waals surface area contributed by atoms with Crippen molar-refractivity contribution < 1.29 is 4.42 Å². The summed E-state index contributed by atoms with van der Waals surface area (Å²) >= 11 is 27.6. The molecule has 21 aromatic carbocycles. The highest BCUT2D eigenvalue weighted by Crippen LogP contribution is 2.53. The van der Waals surface area contributed by atoms with E-state index in [0.717, 1.165) is 127 Å². The summed E-state index contributed by atoms with van der Waals surface area (Å²) in [5, 5.41) is 14.4. The standard InChI is InChI=1S/C37H22ClN3O.C33H22ClN3.C31H18ClN3S.C31H20ClN3/c38-37-40-35(25-17-18-34-32(22-25)31-14-6-7-16-33(31)42-34)39-36(41-37)28-20-26(23-9-2-1-3-10-23)19-27(21-28)30-15-8-12-24-11-4-5-13-29(24)30;1-33(28-15-6-4-13-26(28)27-14-5-7-16-29(27)33)25-12-8-11-23(20-25)30-35-31(37-32(34)36-30)24-18-17-21-9-2-3-10-22(21)19-24;32-31-34-29(20-16-17-25-24-10-4-5-15-27(24)36-28(25)18-20)33-30(35-31)26-14-7-12-22-21(11-6-13-23(22)26)19-8-2-1-3-9-19;32-31-34-29(33-30(35-31)28-15-7-11-23-10-4-5-14-27(23)28)24-18-16-22(17-19-24)26-13-6-12-25(20-26)21-8-2-1-3-9-21/h1-22H;2-20H,1H3;1-18H;1-20H. The largest absolute Gasteiger partial charge is 0.456 e. The highest BCUT2D eigenvalue weighted by molar-refractivity contribution is 7.25. The van der Waals surface area contributed by atoms with Crippen LogP contribution in [0, 0.1) is 0 Å². The van der Waals surface area contributed by atoms with Gasteiger partial charge >= 0.3 is 0 Å². The van der Waals surface area contributed by atoms with E-state index in [-0.39, 0.29) is 26.5 Å². The molecule has 0 radical (unpaired) electrons. The molecule has 1 aliphatic carbocycles. The summed E-state index contributed by atoms with van der Waals surface area (Å²) in [7, 11) is 0. The van der Waals surface area contributed by atoms with Crippen LogP contribution in [-0.4, -0.2) is 59.8 Å². The molecule has 710 valence electrons. The van der Waals surface area contributed by atoms with E-state index in [1.807, 2.05) is 133 Å². The fourth-order valence-corrected chi connectivity index (χ4v) is 22.3. The van der Waals surface area contributed by atoms with E-state index in [1.165, 1.54) is 86.4 Å². The second-order valence-electron chi connectivity index (χ2n) is 36.8. The molecule has 18 heteroatoms. The van der Waals surface area contributed by atoms with Crippen LogP contribution in [0.1, 0.15) is 23.6 Å². The van der Waals surface area contributed by atoms with Crippen molar-refractivity contribution in [1.29, 1.82) is 0 Å². The van der Waals surface area contributed by atoms with Gasteiger partial charge in [-0.05, 0) is 253 Å². The van der Waals surface area contributed by atoms with Crippen LogP contribution in [-0.2, 0) is 5.41 Å². The fraction of sp³-hybridized carbons (Fsp3) is 0.0152. The molecule has 28 rings (SSSR count). The third-order valence-corrected chi connectivity index (χ3v) is 29.6. The van der Waals surface area contributed by atoms with Gasteiger partial charge in [-0.15, -0.1) is 11.3 Å². The van der Waals surface area contributed by atoms with Crippen molar-refractivity contribution in [2.75, 3.05) is 0 Å². The molecule has 1 aliphatic rings. The molecule has 0 saturated heterocycles. The van der Waals surface area contributed by atoms with Crippen LogP contribution >= 0.6 is 57.7 Å². The van der Waals surface area contributed by atoms with Crippen molar-refractivity contribution >= 4 is 143 Å². The smallest absolute Gasteiger partial charge is 0.226 e. The van der Waals surface area contributed by atoms with E-state index in [0.29, 0.717) is 46.6 Å². The monoisotopic (exact) mass is 2020 g/mol. The maximum atomic E-state index is 6.55. The first kappa shape index (κ1) is 93.0. The fourth-order valence-electron chi connectivity index (χ4n) is 20.5. The molecule has 13 nitrogen and oxygen atoms in total. The molecular formula is C132H82Cl4N12OS. The Bertz CT molecular complexity index is 9850. The Labute approximate surface area is 887 Å². The van der Waals surface area contributed by atoms with Gasteiger partial charge in [-0.1, -0.05) is 406 Å². The molecule has 6 aromatic heterocycles. The maximum Gasteiger partial charge on any atom is 0.226 e. The lowest BCUT2D eigenvalue weighted by Gasteiger charge is -2.28. The summed E-state index contributed by atoms with van der Waals surface area (Å²) < 4.78 is 8.49. The van der Waals surface area contributed by atoms with Gasteiger partial charge in [-0.2, -0.15) is 39.9 Å². The minimum atomic E-state index is -0.290. The number of hydrogen-bond acceptors (Lipinski definition) is 14. The van der Waals surface area contributed by atoms with Crippen LogP contribution in [0.5, 0.6) is 0 Å². The third kappa shape index (κ3) is 18.5. The van der Waals surface area contributed by atoms with Crippen molar-refractivity contribution in [1.82, 2.24) is 59.8 Å². The topological polar surface area (TPSA) is 168 Å². The molecule has 0 atom stereocenters. The molecule has 0 bridgehead atoms. The van der Waals surface area contributed by atoms with E-state index in [9.17, 15) is 0 Å². The normalized spacial score (nSPS) is 11.8. The van der Waals surface area contributed by atoms with E-state index in [4.69, 9.17) is 70.8 Å². The third-order valence-electron chi connectivity index (χ3n) is 27.8. The van der Waals surface area contributed by atoms with Gasteiger partial charge in [0.2, 0.25) is 21.1 Å². The minimum absolute atomic E-state index is 0.143. The second-order valence-corrected chi connectivity index (χ2v) is 39.2. The number of hydrogen-bond donors (Lipinski definition) is 0. The summed E-state index contributed by atoms with van der Waals surface area (Å²) in [6.45, 7) is 2.30. The van der Waals surface area contributed by atoms with Crippen LogP contribution in [0.15, 0.2) is 484 Å². The summed E-state index contributed by atoms with van der Waals surface area (Å²) in [6, 6.07) is 165. The van der Waals surface area contributed by atoms with E-state index in [1.54, 1.807) is 11.3 Å². The van der Waals surface area contributed by atoms with Crippen LogP contribution in [0.25, 0.3) is 243 Å². The zero-order valence-corrected chi connectivity index (χ0v) is 84.1. The van der Waals surface area contributed by atoms with Gasteiger partial charge in [0, 0.05) is 80.9 Å². The first-order valence-electron chi connectivity index (χ1n) is 49.1. The van der Waals surface area contributed by atoms with Crippen LogP contribution in [0.3, 0.4) is 0 Å². The van der Waals surface area contributed by atoms with Gasteiger partial charge < -0.3 is 4.42 Å². The first-order valence-corrected chi connectivity index (χ1v) is 51.4. The van der Waals surface area contributed by atoms with Crippen LogP contribution in [0.2, 0.25) is 21.1 Å². The summed E-state index contributed by atoms with van der Waals surface area (Å²) in [5.74, 6) is 4.41. The number of aromatic nitrogens is 12. The average molecular weight is 2030 g/mol. The number of furan rings is 1. The minimum Gasteiger partial charge on any atom is -0.456 e. The Morgan fingerprint density at radius 2 is 0.527 bits per heavy atom. The molecule has 27 aromatic rings. The molecule has 0 fully saturated rings. The Hall–Kier alpha value is -18.1. The summed E-state index contributed by atoms with van der Waals surface area (Å²) in [6.07, 6.45) is 0. The number of halogens is 4. The van der Waals surface area contributed by atoms with Crippen molar-refractivity contribution in [3.05, 3.63) is 517 Å². The van der Waals surface area contributed by atoms with Crippen molar-refractivity contribution in [3.63, 3.8) is 0 Å².